The van der Waals surface area contributed by atoms with Crippen molar-refractivity contribution in [2.45, 2.75) is 25.2 Å². The van der Waals surface area contributed by atoms with Crippen LogP contribution in [0.25, 0.3) is 0 Å². The van der Waals surface area contributed by atoms with Crippen LogP contribution in [0.3, 0.4) is 0 Å². The first-order chi connectivity index (χ1) is 9.16. The third-order valence-electron chi connectivity index (χ3n) is 3.73. The molecule has 1 aliphatic carbocycles. The molecule has 4 heteroatoms. The summed E-state index contributed by atoms with van der Waals surface area (Å²) in [7, 11) is 3.99. The molecular formula is C15H17ClN2O. The average molecular weight is 277 g/mol. The van der Waals surface area contributed by atoms with Crippen LogP contribution in [0.5, 0.6) is 0 Å². The monoisotopic (exact) mass is 276 g/mol. The Labute approximate surface area is 118 Å². The van der Waals surface area contributed by atoms with Crippen LogP contribution < -0.4 is 4.90 Å². The molecule has 1 heterocycles. The standard InChI is InChI=1S/C15H17ClN2O/c1-18(2)15-13-5-3-4-12(14(13)17-19-15)10-6-8-11(16)9-7-10/h6-9,12H,3-5H2,1-2H3. The van der Waals surface area contributed by atoms with Crippen molar-refractivity contribution >= 4 is 17.5 Å². The van der Waals surface area contributed by atoms with E-state index in [4.69, 9.17) is 16.1 Å². The van der Waals surface area contributed by atoms with Crippen molar-refractivity contribution in [3.05, 3.63) is 46.1 Å². The van der Waals surface area contributed by atoms with Crippen LogP contribution in [-0.2, 0) is 6.42 Å². The predicted octanol–water partition coefficient (Wildman–Crippen LogP) is 3.86. The summed E-state index contributed by atoms with van der Waals surface area (Å²) in [5, 5.41) is 5.08. The summed E-state index contributed by atoms with van der Waals surface area (Å²) >= 11 is 5.96. The fourth-order valence-electron chi connectivity index (χ4n) is 2.81. The number of rotatable bonds is 2. The molecule has 1 aromatic heterocycles. The lowest BCUT2D eigenvalue weighted by Crippen LogP contribution is -2.14. The molecule has 3 nitrogen and oxygen atoms in total. The average Bonchev–Trinajstić information content (AvgIpc) is 2.83. The van der Waals surface area contributed by atoms with Gasteiger partial charge >= 0.3 is 0 Å². The van der Waals surface area contributed by atoms with E-state index >= 15 is 0 Å². The van der Waals surface area contributed by atoms with Crippen molar-refractivity contribution < 1.29 is 4.52 Å². The zero-order valence-corrected chi connectivity index (χ0v) is 11.9. The minimum atomic E-state index is 0.332. The molecule has 2 aromatic rings. The van der Waals surface area contributed by atoms with Gasteiger partial charge in [-0.1, -0.05) is 28.9 Å². The van der Waals surface area contributed by atoms with E-state index in [0.29, 0.717) is 5.92 Å². The lowest BCUT2D eigenvalue weighted by atomic mass is 9.83. The van der Waals surface area contributed by atoms with Crippen molar-refractivity contribution in [2.75, 3.05) is 19.0 Å². The van der Waals surface area contributed by atoms with Gasteiger partial charge in [-0.05, 0) is 37.0 Å². The number of nitrogens with zero attached hydrogens (tertiary/aromatic N) is 2. The van der Waals surface area contributed by atoms with E-state index in [1.807, 2.05) is 31.1 Å². The molecule has 1 aromatic carbocycles. The SMILES string of the molecule is CN(C)c1onc2c1CCCC2c1ccc(Cl)cc1. The van der Waals surface area contributed by atoms with E-state index in [-0.39, 0.29) is 0 Å². The molecular weight excluding hydrogens is 260 g/mol. The molecule has 19 heavy (non-hydrogen) atoms. The first-order valence-electron chi connectivity index (χ1n) is 6.58. The summed E-state index contributed by atoms with van der Waals surface area (Å²) in [4.78, 5) is 2.00. The summed E-state index contributed by atoms with van der Waals surface area (Å²) in [5.41, 5.74) is 3.62. The molecule has 1 aliphatic rings. The lowest BCUT2D eigenvalue weighted by molar-refractivity contribution is 0.411. The van der Waals surface area contributed by atoms with Gasteiger partial charge in [-0.25, -0.2) is 0 Å². The van der Waals surface area contributed by atoms with E-state index in [2.05, 4.69) is 17.3 Å². The summed E-state index contributed by atoms with van der Waals surface area (Å²) in [6.45, 7) is 0. The summed E-state index contributed by atoms with van der Waals surface area (Å²) in [6, 6.07) is 8.06. The van der Waals surface area contributed by atoms with Crippen LogP contribution in [0.4, 0.5) is 5.88 Å². The smallest absolute Gasteiger partial charge is 0.230 e. The normalized spacial score (nSPS) is 18.2. The van der Waals surface area contributed by atoms with Crippen molar-refractivity contribution in [3.63, 3.8) is 0 Å². The van der Waals surface area contributed by atoms with Crippen LogP contribution in [0.1, 0.15) is 35.6 Å². The Kier molecular flexibility index (Phi) is 3.23. The number of anilines is 1. The topological polar surface area (TPSA) is 29.3 Å². The van der Waals surface area contributed by atoms with E-state index in [9.17, 15) is 0 Å². The van der Waals surface area contributed by atoms with Gasteiger partial charge in [-0.2, -0.15) is 0 Å². The van der Waals surface area contributed by atoms with Crippen molar-refractivity contribution in [1.82, 2.24) is 5.16 Å². The molecule has 0 fully saturated rings. The fraction of sp³-hybridized carbons (Fsp3) is 0.400. The Hall–Kier alpha value is -1.48. The van der Waals surface area contributed by atoms with Gasteiger partial charge in [-0.15, -0.1) is 0 Å². The van der Waals surface area contributed by atoms with Gasteiger partial charge in [0.1, 0.15) is 0 Å². The number of hydrogen-bond donors (Lipinski definition) is 0. The molecule has 1 atom stereocenters. The Morgan fingerprint density at radius 2 is 2.00 bits per heavy atom. The Balaban J connectivity index is 2.01. The highest BCUT2D eigenvalue weighted by atomic mass is 35.5. The second-order valence-electron chi connectivity index (χ2n) is 5.24. The van der Waals surface area contributed by atoms with Crippen LogP contribution in [0.15, 0.2) is 28.8 Å². The van der Waals surface area contributed by atoms with Gasteiger partial charge in [0.05, 0.1) is 5.69 Å². The van der Waals surface area contributed by atoms with Crippen LogP contribution in [-0.4, -0.2) is 19.3 Å². The van der Waals surface area contributed by atoms with Gasteiger partial charge in [0.2, 0.25) is 5.88 Å². The van der Waals surface area contributed by atoms with Gasteiger partial charge < -0.3 is 9.42 Å². The van der Waals surface area contributed by atoms with Crippen molar-refractivity contribution in [3.8, 4) is 0 Å². The van der Waals surface area contributed by atoms with Gasteiger partial charge in [0, 0.05) is 30.6 Å². The third-order valence-corrected chi connectivity index (χ3v) is 3.98. The van der Waals surface area contributed by atoms with E-state index in [0.717, 1.165) is 29.4 Å². The van der Waals surface area contributed by atoms with E-state index in [1.165, 1.54) is 17.5 Å². The van der Waals surface area contributed by atoms with Crippen molar-refractivity contribution in [2.24, 2.45) is 0 Å². The van der Waals surface area contributed by atoms with Crippen LogP contribution >= 0.6 is 11.6 Å². The van der Waals surface area contributed by atoms with Gasteiger partial charge in [0.25, 0.3) is 0 Å². The molecule has 0 N–H and O–H groups in total. The highest BCUT2D eigenvalue weighted by molar-refractivity contribution is 6.30. The van der Waals surface area contributed by atoms with Crippen LogP contribution in [0, 0.1) is 0 Å². The molecule has 0 bridgehead atoms. The Morgan fingerprint density at radius 1 is 1.26 bits per heavy atom. The molecule has 0 spiro atoms. The summed E-state index contributed by atoms with van der Waals surface area (Å²) in [6.07, 6.45) is 3.34. The highest BCUT2D eigenvalue weighted by Gasteiger charge is 2.29. The minimum absolute atomic E-state index is 0.332. The lowest BCUT2D eigenvalue weighted by Gasteiger charge is -2.22. The van der Waals surface area contributed by atoms with Crippen molar-refractivity contribution in [1.29, 1.82) is 0 Å². The minimum Gasteiger partial charge on any atom is -0.347 e. The van der Waals surface area contributed by atoms with Crippen LogP contribution in [0.2, 0.25) is 5.02 Å². The molecule has 0 aliphatic heterocycles. The summed E-state index contributed by atoms with van der Waals surface area (Å²) in [5.74, 6) is 1.23. The van der Waals surface area contributed by atoms with E-state index in [1.54, 1.807) is 0 Å². The Morgan fingerprint density at radius 3 is 2.68 bits per heavy atom. The number of benzene rings is 1. The molecule has 100 valence electrons. The van der Waals surface area contributed by atoms with Gasteiger partial charge in [-0.3, -0.25) is 0 Å². The maximum absolute atomic E-state index is 5.96. The van der Waals surface area contributed by atoms with Gasteiger partial charge in [0.15, 0.2) is 0 Å². The second-order valence-corrected chi connectivity index (χ2v) is 5.68. The molecule has 0 saturated carbocycles. The number of hydrogen-bond acceptors (Lipinski definition) is 3. The molecule has 0 radical (unpaired) electrons. The second kappa shape index (κ2) is 4.89. The first kappa shape index (κ1) is 12.5. The Bertz CT molecular complexity index is 574. The molecule has 3 rings (SSSR count). The molecule has 1 unspecified atom stereocenters. The first-order valence-corrected chi connectivity index (χ1v) is 6.96. The van der Waals surface area contributed by atoms with E-state index < -0.39 is 0 Å². The maximum Gasteiger partial charge on any atom is 0.230 e. The zero-order valence-electron chi connectivity index (χ0n) is 11.2. The number of aromatic nitrogens is 1. The highest BCUT2D eigenvalue weighted by Crippen LogP contribution is 2.39. The quantitative estimate of drug-likeness (QED) is 0.834. The number of halogens is 1. The molecule has 0 amide bonds. The zero-order chi connectivity index (χ0) is 13.4. The fourth-order valence-corrected chi connectivity index (χ4v) is 2.94. The summed E-state index contributed by atoms with van der Waals surface area (Å²) < 4.78 is 5.50. The largest absolute Gasteiger partial charge is 0.347 e. The number of fused-ring (bicyclic) bond motifs is 1. The third kappa shape index (κ3) is 2.23. The molecule has 0 saturated heterocycles. The predicted molar refractivity (Wildman–Crippen MR) is 77.1 cm³/mol. The maximum atomic E-state index is 5.96.